The van der Waals surface area contributed by atoms with Crippen molar-refractivity contribution in [2.45, 2.75) is 26.3 Å². The third-order valence-corrected chi connectivity index (χ3v) is 4.23. The standard InChI is InChI=1S/C16H15Cl3N2O/c1-3-11-4-6-21(7-5-11)10(2)16(22)20-15-13(18)8-12(17)9-14(15)19/h4-10H,3H2,1-2H3/p+1/t10-/m0/s1. The monoisotopic (exact) mass is 357 g/mol. The first kappa shape index (κ1) is 17.1. The number of carbonyl (C=O) groups excluding carboxylic acids is 1. The molecule has 0 saturated carbocycles. The summed E-state index contributed by atoms with van der Waals surface area (Å²) in [7, 11) is 0. The molecule has 0 spiro atoms. The normalized spacial score (nSPS) is 12.0. The molecule has 0 aliphatic heterocycles. The van der Waals surface area contributed by atoms with Gasteiger partial charge in [0.2, 0.25) is 6.04 Å². The number of rotatable bonds is 4. The Morgan fingerprint density at radius 3 is 2.23 bits per heavy atom. The Balaban J connectivity index is 2.17. The highest BCUT2D eigenvalue weighted by Crippen LogP contribution is 2.33. The minimum atomic E-state index is -0.395. The smallest absolute Gasteiger partial charge is 0.293 e. The Labute approximate surface area is 144 Å². The van der Waals surface area contributed by atoms with Gasteiger partial charge in [-0.2, -0.15) is 4.57 Å². The van der Waals surface area contributed by atoms with Crippen molar-refractivity contribution >= 4 is 46.4 Å². The van der Waals surface area contributed by atoms with Crippen LogP contribution in [0.15, 0.2) is 36.7 Å². The Morgan fingerprint density at radius 2 is 1.73 bits per heavy atom. The number of aryl methyl sites for hydroxylation is 1. The van der Waals surface area contributed by atoms with Gasteiger partial charge in [-0.05, 0) is 24.1 Å². The van der Waals surface area contributed by atoms with E-state index >= 15 is 0 Å². The number of pyridine rings is 1. The van der Waals surface area contributed by atoms with Crippen LogP contribution in [0.1, 0.15) is 25.5 Å². The molecule has 0 bridgehead atoms. The molecule has 6 heteroatoms. The van der Waals surface area contributed by atoms with E-state index in [9.17, 15) is 4.79 Å². The van der Waals surface area contributed by atoms with E-state index in [1.54, 1.807) is 19.1 Å². The van der Waals surface area contributed by atoms with E-state index in [0.29, 0.717) is 20.8 Å². The van der Waals surface area contributed by atoms with Crippen LogP contribution in [0.4, 0.5) is 5.69 Å². The number of hydrogen-bond donors (Lipinski definition) is 1. The molecule has 3 nitrogen and oxygen atoms in total. The van der Waals surface area contributed by atoms with E-state index in [0.717, 1.165) is 6.42 Å². The summed E-state index contributed by atoms with van der Waals surface area (Å²) in [5.74, 6) is -0.208. The van der Waals surface area contributed by atoms with E-state index in [1.807, 2.05) is 29.1 Å². The second-order valence-electron chi connectivity index (χ2n) is 4.92. The van der Waals surface area contributed by atoms with Gasteiger partial charge in [-0.1, -0.05) is 41.7 Å². The molecule has 1 aromatic carbocycles. The van der Waals surface area contributed by atoms with Gasteiger partial charge in [0.1, 0.15) is 0 Å². The van der Waals surface area contributed by atoms with E-state index in [4.69, 9.17) is 34.8 Å². The van der Waals surface area contributed by atoms with Gasteiger partial charge in [-0.3, -0.25) is 4.79 Å². The number of nitrogens with zero attached hydrogens (tertiary/aromatic N) is 1. The molecule has 1 heterocycles. The maximum Gasteiger partial charge on any atom is 0.293 e. The number of benzene rings is 1. The summed E-state index contributed by atoms with van der Waals surface area (Å²) in [6.45, 7) is 3.89. The van der Waals surface area contributed by atoms with Crippen molar-refractivity contribution in [3.63, 3.8) is 0 Å². The summed E-state index contributed by atoms with van der Waals surface area (Å²) >= 11 is 18.0. The Hall–Kier alpha value is -1.29. The minimum absolute atomic E-state index is 0.208. The second-order valence-corrected chi connectivity index (χ2v) is 6.17. The number of amides is 1. The van der Waals surface area contributed by atoms with Crippen molar-refractivity contribution in [1.29, 1.82) is 0 Å². The van der Waals surface area contributed by atoms with Gasteiger partial charge in [0, 0.05) is 24.1 Å². The number of halogens is 3. The minimum Gasteiger partial charge on any atom is -0.318 e. The molecule has 1 N–H and O–H groups in total. The first-order chi connectivity index (χ1) is 10.4. The van der Waals surface area contributed by atoms with Gasteiger partial charge in [0.05, 0.1) is 15.7 Å². The van der Waals surface area contributed by atoms with Gasteiger partial charge in [-0.25, -0.2) is 0 Å². The Kier molecular flexibility index (Phi) is 5.68. The SMILES string of the molecule is CCc1cc[n+]([C@@H](C)C(=O)Nc2c(Cl)cc(Cl)cc2Cl)cc1. The highest BCUT2D eigenvalue weighted by Gasteiger charge is 2.23. The summed E-state index contributed by atoms with van der Waals surface area (Å²) in [6.07, 6.45) is 4.72. The number of anilines is 1. The van der Waals surface area contributed by atoms with Crippen LogP contribution in [0.5, 0.6) is 0 Å². The van der Waals surface area contributed by atoms with Crippen molar-refractivity contribution in [2.75, 3.05) is 5.32 Å². The third kappa shape index (κ3) is 3.92. The van der Waals surface area contributed by atoms with Crippen LogP contribution in [-0.2, 0) is 11.2 Å². The zero-order valence-electron chi connectivity index (χ0n) is 12.2. The highest BCUT2D eigenvalue weighted by atomic mass is 35.5. The molecule has 1 amide bonds. The molecule has 0 saturated heterocycles. The van der Waals surface area contributed by atoms with Crippen molar-refractivity contribution in [1.82, 2.24) is 0 Å². The average molecular weight is 359 g/mol. The zero-order chi connectivity index (χ0) is 16.3. The fourth-order valence-corrected chi connectivity index (χ4v) is 2.90. The van der Waals surface area contributed by atoms with Crippen LogP contribution in [0.3, 0.4) is 0 Å². The lowest BCUT2D eigenvalue weighted by Crippen LogP contribution is -2.44. The lowest BCUT2D eigenvalue weighted by molar-refractivity contribution is -0.705. The van der Waals surface area contributed by atoms with Gasteiger partial charge in [0.15, 0.2) is 12.4 Å². The molecule has 0 aliphatic rings. The van der Waals surface area contributed by atoms with E-state index in [2.05, 4.69) is 12.2 Å². The molecule has 2 rings (SSSR count). The molecule has 2 aromatic rings. The maximum absolute atomic E-state index is 12.4. The van der Waals surface area contributed by atoms with E-state index < -0.39 is 6.04 Å². The second kappa shape index (κ2) is 7.32. The Morgan fingerprint density at radius 1 is 1.18 bits per heavy atom. The third-order valence-electron chi connectivity index (χ3n) is 3.41. The molecule has 0 unspecified atom stereocenters. The topological polar surface area (TPSA) is 33.0 Å². The average Bonchev–Trinajstić information content (AvgIpc) is 2.50. The maximum atomic E-state index is 12.4. The predicted octanol–water partition coefficient (Wildman–Crippen LogP) is 4.70. The highest BCUT2D eigenvalue weighted by molar-refractivity contribution is 6.42. The van der Waals surface area contributed by atoms with Crippen LogP contribution in [-0.4, -0.2) is 5.91 Å². The Bertz CT molecular complexity index is 663. The van der Waals surface area contributed by atoms with Gasteiger partial charge in [0.25, 0.3) is 5.91 Å². The fraction of sp³-hybridized carbons (Fsp3) is 0.250. The lowest BCUT2D eigenvalue weighted by atomic mass is 10.2. The van der Waals surface area contributed by atoms with Crippen LogP contribution in [0, 0.1) is 0 Å². The molecule has 0 aliphatic carbocycles. The molecule has 1 aromatic heterocycles. The molecular formula is C16H16Cl3N2O+. The number of aromatic nitrogens is 1. The molecule has 116 valence electrons. The molecular weight excluding hydrogens is 343 g/mol. The largest absolute Gasteiger partial charge is 0.318 e. The first-order valence-electron chi connectivity index (χ1n) is 6.87. The predicted molar refractivity (Wildman–Crippen MR) is 90.8 cm³/mol. The summed E-state index contributed by atoms with van der Waals surface area (Å²) in [6, 6.07) is 6.67. The number of carbonyl (C=O) groups is 1. The van der Waals surface area contributed by atoms with E-state index in [-0.39, 0.29) is 5.91 Å². The number of nitrogens with one attached hydrogen (secondary N) is 1. The lowest BCUT2D eigenvalue weighted by Gasteiger charge is -2.12. The fourth-order valence-electron chi connectivity index (χ4n) is 1.99. The molecule has 22 heavy (non-hydrogen) atoms. The van der Waals surface area contributed by atoms with Crippen molar-refractivity contribution < 1.29 is 9.36 Å². The first-order valence-corrected chi connectivity index (χ1v) is 8.00. The van der Waals surface area contributed by atoms with E-state index in [1.165, 1.54) is 5.56 Å². The van der Waals surface area contributed by atoms with Crippen LogP contribution in [0.2, 0.25) is 15.1 Å². The molecule has 0 radical (unpaired) electrons. The van der Waals surface area contributed by atoms with Crippen LogP contribution >= 0.6 is 34.8 Å². The van der Waals surface area contributed by atoms with Gasteiger partial charge < -0.3 is 5.32 Å². The van der Waals surface area contributed by atoms with Crippen molar-refractivity contribution in [2.24, 2.45) is 0 Å². The summed E-state index contributed by atoms with van der Waals surface area (Å²) in [5, 5.41) is 3.79. The van der Waals surface area contributed by atoms with Gasteiger partial charge >= 0.3 is 0 Å². The van der Waals surface area contributed by atoms with Crippen molar-refractivity contribution in [3.05, 3.63) is 57.3 Å². The number of hydrogen-bond acceptors (Lipinski definition) is 1. The van der Waals surface area contributed by atoms with Gasteiger partial charge in [-0.15, -0.1) is 0 Å². The molecule has 1 atom stereocenters. The van der Waals surface area contributed by atoms with Crippen LogP contribution in [0.25, 0.3) is 0 Å². The van der Waals surface area contributed by atoms with Crippen LogP contribution < -0.4 is 9.88 Å². The summed E-state index contributed by atoms with van der Waals surface area (Å²) in [5.41, 5.74) is 1.59. The van der Waals surface area contributed by atoms with Crippen molar-refractivity contribution in [3.8, 4) is 0 Å². The summed E-state index contributed by atoms with van der Waals surface area (Å²) < 4.78 is 1.83. The zero-order valence-corrected chi connectivity index (χ0v) is 14.5. The quantitative estimate of drug-likeness (QED) is 0.790. The summed E-state index contributed by atoms with van der Waals surface area (Å²) in [4.78, 5) is 12.4. The molecule has 0 fully saturated rings.